The molecule has 3 rings (SSSR count). The average Bonchev–Trinajstić information content (AvgIpc) is 2.64. The number of anilines is 1. The zero-order valence-electron chi connectivity index (χ0n) is 14.2. The summed E-state index contributed by atoms with van der Waals surface area (Å²) in [5, 5.41) is 2.87. The molecule has 0 saturated carbocycles. The number of amides is 2. The molecule has 2 heterocycles. The van der Waals surface area contributed by atoms with Crippen LogP contribution in [0.2, 0.25) is 0 Å². The molecule has 138 valence electrons. The molecule has 25 heavy (non-hydrogen) atoms. The molecule has 2 fully saturated rings. The van der Waals surface area contributed by atoms with E-state index in [1.165, 1.54) is 0 Å². The molecule has 2 saturated heterocycles. The Hall–Kier alpha value is -1.63. The van der Waals surface area contributed by atoms with Gasteiger partial charge in [-0.25, -0.2) is 0 Å². The topological polar surface area (TPSA) is 84.7 Å². The summed E-state index contributed by atoms with van der Waals surface area (Å²) < 4.78 is 5.31. The normalized spacial score (nSPS) is 22.8. The minimum atomic E-state index is -0.575. The molecule has 2 aliphatic heterocycles. The van der Waals surface area contributed by atoms with Gasteiger partial charge in [-0.05, 0) is 43.7 Å². The Morgan fingerprint density at radius 1 is 1.20 bits per heavy atom. The van der Waals surface area contributed by atoms with Crippen LogP contribution >= 0.6 is 12.4 Å². The van der Waals surface area contributed by atoms with Gasteiger partial charge < -0.3 is 20.7 Å². The van der Waals surface area contributed by atoms with E-state index >= 15 is 0 Å². The molecule has 2 amide bonds. The first-order chi connectivity index (χ1) is 11.7. The maximum absolute atomic E-state index is 12.7. The van der Waals surface area contributed by atoms with Gasteiger partial charge in [-0.1, -0.05) is 18.2 Å². The predicted molar refractivity (Wildman–Crippen MR) is 98.7 cm³/mol. The number of ether oxygens (including phenoxy) is 1. The van der Waals surface area contributed by atoms with Gasteiger partial charge in [0.1, 0.15) is 6.04 Å². The molecule has 2 atom stereocenters. The summed E-state index contributed by atoms with van der Waals surface area (Å²) in [6, 6.07) is 8.50. The summed E-state index contributed by atoms with van der Waals surface area (Å²) in [6.45, 7) is 1.98. The highest BCUT2D eigenvalue weighted by molar-refractivity contribution is 6.00. The van der Waals surface area contributed by atoms with Gasteiger partial charge in [-0.15, -0.1) is 12.4 Å². The Morgan fingerprint density at radius 3 is 2.56 bits per heavy atom. The minimum absolute atomic E-state index is 0. The van der Waals surface area contributed by atoms with Gasteiger partial charge >= 0.3 is 0 Å². The van der Waals surface area contributed by atoms with E-state index in [1.807, 2.05) is 30.3 Å². The van der Waals surface area contributed by atoms with E-state index in [2.05, 4.69) is 5.32 Å². The summed E-state index contributed by atoms with van der Waals surface area (Å²) in [6.07, 6.45) is 3.11. The molecule has 6 nitrogen and oxygen atoms in total. The molecule has 0 bridgehead atoms. The molecule has 1 aromatic carbocycles. The van der Waals surface area contributed by atoms with Gasteiger partial charge in [0.05, 0.1) is 6.04 Å². The van der Waals surface area contributed by atoms with Crippen molar-refractivity contribution in [3.05, 3.63) is 30.3 Å². The van der Waals surface area contributed by atoms with Gasteiger partial charge in [0, 0.05) is 25.4 Å². The SMILES string of the molecule is Cl.NC(C(=O)NC1CCCN(c2ccccc2)C1=O)C1CCOCC1. The van der Waals surface area contributed by atoms with Crippen molar-refractivity contribution in [1.29, 1.82) is 0 Å². The molecular weight excluding hydrogens is 342 g/mol. The summed E-state index contributed by atoms with van der Waals surface area (Å²) in [5.41, 5.74) is 6.98. The number of nitrogens with one attached hydrogen (secondary N) is 1. The summed E-state index contributed by atoms with van der Waals surface area (Å²) in [7, 11) is 0. The Balaban J connectivity index is 0.00000225. The fraction of sp³-hybridized carbons (Fsp3) is 0.556. The molecule has 0 aliphatic carbocycles. The second kappa shape index (κ2) is 9.17. The van der Waals surface area contributed by atoms with E-state index in [4.69, 9.17) is 10.5 Å². The molecule has 0 spiro atoms. The number of hydrogen-bond donors (Lipinski definition) is 2. The van der Waals surface area contributed by atoms with Gasteiger partial charge in [-0.2, -0.15) is 0 Å². The molecule has 7 heteroatoms. The van der Waals surface area contributed by atoms with Crippen LogP contribution in [-0.2, 0) is 14.3 Å². The zero-order chi connectivity index (χ0) is 16.9. The third-order valence-electron chi connectivity index (χ3n) is 4.90. The molecular formula is C18H26ClN3O3. The van der Waals surface area contributed by atoms with Crippen LogP contribution in [0.1, 0.15) is 25.7 Å². The predicted octanol–water partition coefficient (Wildman–Crippen LogP) is 1.47. The smallest absolute Gasteiger partial charge is 0.249 e. The van der Waals surface area contributed by atoms with Gasteiger partial charge in [-0.3, -0.25) is 9.59 Å². The number of carbonyl (C=O) groups is 2. The summed E-state index contributed by atoms with van der Waals surface area (Å²) >= 11 is 0. The Labute approximate surface area is 154 Å². The second-order valence-electron chi connectivity index (χ2n) is 6.50. The Kier molecular flexibility index (Phi) is 7.23. The zero-order valence-corrected chi connectivity index (χ0v) is 15.0. The Morgan fingerprint density at radius 2 is 1.88 bits per heavy atom. The van der Waals surface area contributed by atoms with E-state index < -0.39 is 12.1 Å². The molecule has 2 aliphatic rings. The minimum Gasteiger partial charge on any atom is -0.381 e. The van der Waals surface area contributed by atoms with Crippen molar-refractivity contribution in [2.45, 2.75) is 37.8 Å². The van der Waals surface area contributed by atoms with E-state index in [0.717, 1.165) is 24.9 Å². The summed E-state index contributed by atoms with van der Waals surface area (Å²) in [5.74, 6) is -0.155. The first-order valence-electron chi connectivity index (χ1n) is 8.67. The summed E-state index contributed by atoms with van der Waals surface area (Å²) in [4.78, 5) is 26.9. The average molecular weight is 368 g/mol. The number of halogens is 1. The monoisotopic (exact) mass is 367 g/mol. The largest absolute Gasteiger partial charge is 0.381 e. The van der Waals surface area contributed by atoms with Crippen LogP contribution < -0.4 is 16.0 Å². The van der Waals surface area contributed by atoms with Crippen LogP contribution in [0, 0.1) is 5.92 Å². The number of para-hydroxylation sites is 1. The Bertz CT molecular complexity index is 578. The maximum Gasteiger partial charge on any atom is 0.249 e. The van der Waals surface area contributed by atoms with E-state index in [0.29, 0.717) is 26.2 Å². The lowest BCUT2D eigenvalue weighted by atomic mass is 9.91. The number of nitrogens with two attached hydrogens (primary N) is 1. The van der Waals surface area contributed by atoms with E-state index in [1.54, 1.807) is 4.90 Å². The maximum atomic E-state index is 12.7. The van der Waals surface area contributed by atoms with E-state index in [9.17, 15) is 9.59 Å². The number of rotatable bonds is 4. The van der Waals surface area contributed by atoms with E-state index in [-0.39, 0.29) is 30.1 Å². The first kappa shape index (κ1) is 19.7. The van der Waals surface area contributed by atoms with Crippen molar-refractivity contribution >= 4 is 29.9 Å². The van der Waals surface area contributed by atoms with Crippen LogP contribution in [0.5, 0.6) is 0 Å². The van der Waals surface area contributed by atoms with Crippen LogP contribution in [0.15, 0.2) is 30.3 Å². The molecule has 1 aromatic rings. The lowest BCUT2D eigenvalue weighted by Gasteiger charge is -2.34. The third kappa shape index (κ3) is 4.71. The highest BCUT2D eigenvalue weighted by atomic mass is 35.5. The first-order valence-corrected chi connectivity index (χ1v) is 8.67. The van der Waals surface area contributed by atoms with Crippen molar-refractivity contribution in [3.8, 4) is 0 Å². The van der Waals surface area contributed by atoms with Crippen LogP contribution in [0.3, 0.4) is 0 Å². The number of carbonyl (C=O) groups excluding carboxylic acids is 2. The van der Waals surface area contributed by atoms with Crippen molar-refractivity contribution in [2.75, 3.05) is 24.7 Å². The number of piperidine rings is 1. The quantitative estimate of drug-likeness (QED) is 0.844. The van der Waals surface area contributed by atoms with Gasteiger partial charge in [0.25, 0.3) is 0 Å². The highest BCUT2D eigenvalue weighted by Crippen LogP contribution is 2.22. The number of benzene rings is 1. The van der Waals surface area contributed by atoms with Crippen molar-refractivity contribution in [2.24, 2.45) is 11.7 Å². The van der Waals surface area contributed by atoms with Crippen molar-refractivity contribution in [1.82, 2.24) is 5.32 Å². The highest BCUT2D eigenvalue weighted by Gasteiger charge is 2.33. The number of nitrogens with zero attached hydrogens (tertiary/aromatic N) is 1. The third-order valence-corrected chi connectivity index (χ3v) is 4.90. The van der Waals surface area contributed by atoms with Crippen molar-refractivity contribution in [3.63, 3.8) is 0 Å². The van der Waals surface area contributed by atoms with Crippen LogP contribution in [-0.4, -0.2) is 43.7 Å². The van der Waals surface area contributed by atoms with Crippen molar-refractivity contribution < 1.29 is 14.3 Å². The molecule has 0 radical (unpaired) electrons. The number of hydrogen-bond acceptors (Lipinski definition) is 4. The molecule has 0 aromatic heterocycles. The van der Waals surface area contributed by atoms with Crippen LogP contribution in [0.25, 0.3) is 0 Å². The fourth-order valence-corrected chi connectivity index (χ4v) is 3.43. The molecule has 2 unspecified atom stereocenters. The van der Waals surface area contributed by atoms with Gasteiger partial charge in [0.2, 0.25) is 11.8 Å². The molecule has 3 N–H and O–H groups in total. The van der Waals surface area contributed by atoms with Crippen LogP contribution in [0.4, 0.5) is 5.69 Å². The fourth-order valence-electron chi connectivity index (χ4n) is 3.43. The lowest BCUT2D eigenvalue weighted by Crippen LogP contribution is -2.57. The lowest BCUT2D eigenvalue weighted by molar-refractivity contribution is -0.130. The standard InChI is InChI=1S/C18H25N3O3.ClH/c19-16(13-8-11-24-12-9-13)17(22)20-15-7-4-10-21(18(15)23)14-5-2-1-3-6-14;/h1-3,5-6,13,15-16H,4,7-12,19H2,(H,20,22);1H. The van der Waals surface area contributed by atoms with Gasteiger partial charge in [0.15, 0.2) is 0 Å². The second-order valence-corrected chi connectivity index (χ2v) is 6.50.